The molecule has 2 aromatic rings. The Morgan fingerprint density at radius 3 is 1.41 bits per heavy atom. The highest BCUT2D eigenvalue weighted by atomic mass is 35.5. The molecule has 0 saturated heterocycles. The van der Waals surface area contributed by atoms with Gasteiger partial charge in [-0.1, -0.05) is 56.1 Å². The minimum Gasteiger partial charge on any atom is -0.509 e. The second-order valence-electron chi connectivity index (χ2n) is 19.1. The summed E-state index contributed by atoms with van der Waals surface area (Å²) in [6.45, 7) is 26.8. The zero-order valence-corrected chi connectivity index (χ0v) is 40.8. The van der Waals surface area contributed by atoms with E-state index in [0.717, 1.165) is 59.1 Å². The Morgan fingerprint density at radius 1 is 0.698 bits per heavy atom. The molecule has 0 atom stereocenters. The van der Waals surface area contributed by atoms with Gasteiger partial charge < -0.3 is 30.0 Å². The van der Waals surface area contributed by atoms with Gasteiger partial charge in [0, 0.05) is 15.5 Å². The van der Waals surface area contributed by atoms with Crippen LogP contribution in [0.15, 0.2) is 61.1 Å². The van der Waals surface area contributed by atoms with Gasteiger partial charge in [-0.3, -0.25) is 19.2 Å². The maximum Gasteiger partial charge on any atom is 0.316 e. The number of aryl methyl sites for hydroxylation is 4. The smallest absolute Gasteiger partial charge is 0.316 e. The summed E-state index contributed by atoms with van der Waals surface area (Å²) in [6.07, 6.45) is 9.46. The van der Waals surface area contributed by atoms with Crippen LogP contribution in [-0.2, 0) is 33.4 Å². The molecule has 4 aliphatic rings. The fraction of sp³-hybridized carbons (Fsp3) is 0.520. The first-order valence-electron chi connectivity index (χ1n) is 21.6. The summed E-state index contributed by atoms with van der Waals surface area (Å²) in [4.78, 5) is 49.1. The van der Waals surface area contributed by atoms with Gasteiger partial charge in [0.05, 0.1) is 53.1 Å². The predicted octanol–water partition coefficient (Wildman–Crippen LogP) is 11.3. The molecule has 344 valence electrons. The van der Waals surface area contributed by atoms with Crippen LogP contribution < -0.4 is 10.6 Å². The largest absolute Gasteiger partial charge is 0.509 e. The van der Waals surface area contributed by atoms with Crippen molar-refractivity contribution in [1.29, 1.82) is 0 Å². The van der Waals surface area contributed by atoms with E-state index in [1.165, 1.54) is 0 Å². The van der Waals surface area contributed by atoms with Crippen molar-refractivity contribution in [3.63, 3.8) is 0 Å². The molecule has 63 heavy (non-hydrogen) atoms. The Bertz CT molecular complexity index is 2110. The molecule has 10 nitrogen and oxygen atoms in total. The van der Waals surface area contributed by atoms with Crippen LogP contribution in [-0.4, -0.2) is 64.6 Å². The minimum absolute atomic E-state index is 0.100. The van der Waals surface area contributed by atoms with E-state index in [4.69, 9.17) is 49.0 Å². The molecule has 2 fully saturated rings. The highest BCUT2D eigenvalue weighted by Gasteiger charge is 2.51. The topological polar surface area (TPSA) is 140 Å². The number of aliphatic hydroxyl groups excluding tert-OH is 1. The zero-order chi connectivity index (χ0) is 47.2. The Labute approximate surface area is 388 Å². The number of carbonyl (C=O) groups is 4. The minimum atomic E-state index is -0.708. The van der Waals surface area contributed by atoms with E-state index >= 15 is 0 Å². The van der Waals surface area contributed by atoms with Gasteiger partial charge in [0.25, 0.3) is 11.8 Å². The van der Waals surface area contributed by atoms with Gasteiger partial charge in [0.2, 0.25) is 5.24 Å². The lowest BCUT2D eigenvalue weighted by atomic mass is 9.78. The molecule has 0 radical (unpaired) electrons. The number of aliphatic hydroxyl groups is 1. The number of hydrogen-bond donors (Lipinski definition) is 3. The Kier molecular flexibility index (Phi) is 17.2. The molecule has 6 rings (SSSR count). The van der Waals surface area contributed by atoms with Gasteiger partial charge in [-0.15, -0.1) is 13.2 Å². The molecule has 2 amide bonds. The van der Waals surface area contributed by atoms with E-state index in [1.54, 1.807) is 32.9 Å². The summed E-state index contributed by atoms with van der Waals surface area (Å²) < 4.78 is 17.6. The Balaban J connectivity index is 0.000000244. The van der Waals surface area contributed by atoms with Crippen LogP contribution in [0.2, 0.25) is 10.0 Å². The molecule has 2 saturated carbocycles. The fourth-order valence-electron chi connectivity index (χ4n) is 8.45. The normalized spacial score (nSPS) is 23.4. The standard InChI is InChI=1S/C25H32ClNO4.C20H24ClNO3.C5H9ClO/c1-7-12-30-18-8-10-25(11-9-18)21(31-23(29)24(4,5)6)20(22(28)27-25)19-15(2)13-17(26)14-16(19)3;1-4-9-25-15-5-7-20(8-6-15)18(23)17(19(24)22-20)16-12(2)10-14(21)11-13(16)3;1-5(2,3)4(6)7/h7,13-14,18H,1,8-12H2,2-6H3,(H,27,28);4,10-11,15,23H,1,5-9H2,2-3H3,(H,22,24);1-3H3. The van der Waals surface area contributed by atoms with Crippen molar-refractivity contribution in [2.75, 3.05) is 13.2 Å². The first-order chi connectivity index (χ1) is 29.3. The van der Waals surface area contributed by atoms with E-state index < -0.39 is 16.5 Å². The number of nitrogens with one attached hydrogen (secondary N) is 2. The second-order valence-corrected chi connectivity index (χ2v) is 20.4. The lowest BCUT2D eigenvalue weighted by Gasteiger charge is -2.38. The van der Waals surface area contributed by atoms with Gasteiger partial charge in [-0.05, 0) is 169 Å². The quantitative estimate of drug-likeness (QED) is 0.128. The third-order valence-electron chi connectivity index (χ3n) is 11.9. The van der Waals surface area contributed by atoms with Crippen LogP contribution in [0.1, 0.15) is 126 Å². The molecule has 2 spiro atoms. The van der Waals surface area contributed by atoms with Crippen LogP contribution in [0, 0.1) is 38.5 Å². The summed E-state index contributed by atoms with van der Waals surface area (Å²) in [5.74, 6) is -0.182. The molecule has 0 unspecified atom stereocenters. The molecule has 3 N–H and O–H groups in total. The third kappa shape index (κ3) is 12.3. The average molecular weight is 928 g/mol. The maximum absolute atomic E-state index is 13.3. The van der Waals surface area contributed by atoms with Gasteiger partial charge >= 0.3 is 5.97 Å². The molecular weight excluding hydrogens is 863 g/mol. The van der Waals surface area contributed by atoms with Crippen LogP contribution in [0.5, 0.6) is 0 Å². The summed E-state index contributed by atoms with van der Waals surface area (Å²) in [5, 5.41) is 18.1. The predicted molar refractivity (Wildman–Crippen MR) is 253 cm³/mol. The van der Waals surface area contributed by atoms with E-state index in [9.17, 15) is 24.3 Å². The van der Waals surface area contributed by atoms with Crippen molar-refractivity contribution < 1.29 is 38.5 Å². The summed E-state index contributed by atoms with van der Waals surface area (Å²) in [7, 11) is 0. The Morgan fingerprint density at radius 2 is 1.05 bits per heavy atom. The van der Waals surface area contributed by atoms with Crippen LogP contribution >= 0.6 is 34.8 Å². The highest BCUT2D eigenvalue weighted by molar-refractivity contribution is 6.64. The molecule has 0 aromatic heterocycles. The van der Waals surface area contributed by atoms with Crippen LogP contribution in [0.4, 0.5) is 0 Å². The number of amides is 2. The lowest BCUT2D eigenvalue weighted by Crippen LogP contribution is -2.49. The van der Waals surface area contributed by atoms with E-state index in [1.807, 2.05) is 72.7 Å². The zero-order valence-electron chi connectivity index (χ0n) is 38.5. The van der Waals surface area contributed by atoms with E-state index in [0.29, 0.717) is 65.8 Å². The van der Waals surface area contributed by atoms with E-state index in [-0.39, 0.29) is 46.4 Å². The number of ether oxygens (including phenoxy) is 3. The fourth-order valence-corrected chi connectivity index (χ4v) is 9.11. The number of rotatable bonds is 9. The molecule has 13 heteroatoms. The number of hydrogen-bond acceptors (Lipinski definition) is 8. The number of esters is 1. The first-order valence-corrected chi connectivity index (χ1v) is 22.7. The maximum atomic E-state index is 13.3. The summed E-state index contributed by atoms with van der Waals surface area (Å²) in [6, 6.07) is 7.31. The molecular formula is C50H65Cl3N2O8. The third-order valence-corrected chi connectivity index (χ3v) is 12.9. The monoisotopic (exact) mass is 926 g/mol. The summed E-state index contributed by atoms with van der Waals surface area (Å²) in [5.41, 5.74) is 3.47. The highest BCUT2D eigenvalue weighted by Crippen LogP contribution is 2.47. The Hall–Kier alpha value is -3.93. The lowest BCUT2D eigenvalue weighted by molar-refractivity contribution is -0.150. The molecule has 0 bridgehead atoms. The van der Waals surface area contributed by atoms with Crippen molar-refractivity contribution in [3.05, 3.63) is 105 Å². The van der Waals surface area contributed by atoms with Crippen molar-refractivity contribution in [2.45, 2.75) is 144 Å². The summed E-state index contributed by atoms with van der Waals surface area (Å²) >= 11 is 17.4. The van der Waals surface area contributed by atoms with Crippen LogP contribution in [0.3, 0.4) is 0 Å². The number of benzene rings is 2. The second kappa shape index (κ2) is 20.9. The van der Waals surface area contributed by atoms with Crippen molar-refractivity contribution in [1.82, 2.24) is 10.6 Å². The number of halogens is 3. The van der Waals surface area contributed by atoms with Crippen molar-refractivity contribution in [2.24, 2.45) is 10.8 Å². The average Bonchev–Trinajstić information content (AvgIpc) is 3.56. The van der Waals surface area contributed by atoms with Gasteiger partial charge in [-0.25, -0.2) is 0 Å². The van der Waals surface area contributed by atoms with Crippen molar-refractivity contribution >= 4 is 69.0 Å². The van der Waals surface area contributed by atoms with Gasteiger partial charge in [-0.2, -0.15) is 0 Å². The van der Waals surface area contributed by atoms with E-state index in [2.05, 4.69) is 23.8 Å². The van der Waals surface area contributed by atoms with Gasteiger partial charge in [0.1, 0.15) is 11.5 Å². The molecule has 2 aromatic carbocycles. The molecule has 2 aliphatic carbocycles. The van der Waals surface area contributed by atoms with Crippen LogP contribution in [0.25, 0.3) is 11.1 Å². The van der Waals surface area contributed by atoms with Gasteiger partial charge in [0.15, 0.2) is 0 Å². The first kappa shape index (κ1) is 51.7. The number of carbonyl (C=O) groups excluding carboxylic acids is 4. The molecule has 2 heterocycles. The SMILES string of the molecule is C=CCOC1CCC2(CC1)NC(=O)C(c1c(C)cc(Cl)cc1C)=C2O.C=CCOC1CCC2(CC1)NC(=O)C(c1c(C)cc(Cl)cc1C)=C2OC(=O)C(C)(C)C.CC(C)(C)C(=O)Cl. The van der Waals surface area contributed by atoms with Crippen molar-refractivity contribution in [3.8, 4) is 0 Å². The molecule has 2 aliphatic heterocycles.